The Balaban J connectivity index is 3.63. The maximum atomic E-state index is 7.36. The van der Waals surface area contributed by atoms with Crippen molar-refractivity contribution < 1.29 is 43.0 Å². The first-order valence-corrected chi connectivity index (χ1v) is 34.7. The van der Waals surface area contributed by atoms with Crippen molar-refractivity contribution >= 4 is 59.9 Å². The summed E-state index contributed by atoms with van der Waals surface area (Å²) in [5.74, 6) is 0. The maximum Gasteiger partial charge on any atom is 0.343 e. The molecule has 0 radical (unpaired) electrons. The van der Waals surface area contributed by atoms with E-state index >= 15 is 0 Å². The molecule has 0 aliphatic carbocycles. The lowest BCUT2D eigenvalue weighted by Crippen LogP contribution is -2.67. The third-order valence-corrected chi connectivity index (χ3v) is 35.7. The van der Waals surface area contributed by atoms with Gasteiger partial charge in [0.2, 0.25) is 0 Å². The predicted octanol–water partition coefficient (Wildman–Crippen LogP) is 8.35. The van der Waals surface area contributed by atoms with E-state index in [0.29, 0.717) is 75.9 Å². The van der Waals surface area contributed by atoms with Crippen LogP contribution >= 0.6 is 0 Å². The lowest BCUT2D eigenvalue weighted by atomic mass is 10.7. The largest absolute Gasteiger partial charge is 0.416 e. The van der Waals surface area contributed by atoms with Crippen LogP contribution in [0.4, 0.5) is 0 Å². The van der Waals surface area contributed by atoms with E-state index in [0.717, 1.165) is 0 Å². The summed E-state index contributed by atoms with van der Waals surface area (Å²) >= 11 is 0. The fraction of sp³-hybridized carbons (Fsp3) is 0.625. The van der Waals surface area contributed by atoms with Crippen molar-refractivity contribution in [2.45, 2.75) is 89.0 Å². The molecule has 0 aromatic rings. The number of hydrogen-bond acceptors (Lipinski definition) is 10. The molecule has 1 heterocycles. The highest BCUT2D eigenvalue weighted by Crippen LogP contribution is 2.40. The number of hydrogen-bond donors (Lipinski definition) is 0. The summed E-state index contributed by atoms with van der Waals surface area (Å²) in [6, 6.07) is 3.94. The van der Waals surface area contributed by atoms with Gasteiger partial charge in [-0.25, -0.2) is 0 Å². The van der Waals surface area contributed by atoms with Crippen molar-refractivity contribution in [2.24, 2.45) is 0 Å². The van der Waals surface area contributed by atoms with Gasteiger partial charge >= 0.3 is 59.9 Å². The van der Waals surface area contributed by atoms with E-state index in [2.05, 4.69) is 78.8 Å². The zero-order chi connectivity index (χ0) is 37.3. The van der Waals surface area contributed by atoms with Crippen LogP contribution in [0.25, 0.3) is 0 Å². The maximum absolute atomic E-state index is 7.36. The molecular weight excluding hydrogens is 741 g/mol. The van der Waals surface area contributed by atoms with Crippen molar-refractivity contribution in [3.8, 4) is 0 Å². The Hall–Kier alpha value is -0.442. The fourth-order valence-electron chi connectivity index (χ4n) is 5.65. The van der Waals surface area contributed by atoms with Gasteiger partial charge in [0.1, 0.15) is 0 Å². The Labute approximate surface area is 305 Å². The second-order valence-electron chi connectivity index (χ2n) is 13.4. The van der Waals surface area contributed by atoms with Gasteiger partial charge in [0.05, 0.1) is 33.0 Å². The summed E-state index contributed by atoms with van der Waals surface area (Å²) in [5.41, 5.74) is 1.85. The predicted molar refractivity (Wildman–Crippen MR) is 217 cm³/mol. The zero-order valence-electron chi connectivity index (χ0n) is 31.8. The summed E-state index contributed by atoms with van der Waals surface area (Å²) in [6.07, 6.45) is 8.74. The van der Waals surface area contributed by atoms with Gasteiger partial charge in [-0.3, -0.25) is 0 Å². The Morgan fingerprint density at radius 2 is 0.735 bits per heavy atom. The third-order valence-electron chi connectivity index (χ3n) is 8.15. The second kappa shape index (κ2) is 21.3. The Bertz CT molecular complexity index is 1060. The van der Waals surface area contributed by atoms with Gasteiger partial charge in [-0.2, -0.15) is 0 Å². The minimum Gasteiger partial charge on any atom is -0.416 e. The average molecular weight is 807 g/mol. The van der Waals surface area contributed by atoms with Crippen LogP contribution in [-0.4, -0.2) is 99.6 Å². The molecule has 0 saturated carbocycles. The van der Waals surface area contributed by atoms with Crippen molar-refractivity contribution in [1.82, 2.24) is 0 Å². The Morgan fingerprint density at radius 3 is 0.980 bits per heavy atom. The molecule has 0 amide bonds. The molecule has 0 aromatic heterocycles. The van der Waals surface area contributed by atoms with Crippen LogP contribution < -0.4 is 0 Å². The van der Waals surface area contributed by atoms with Crippen molar-refractivity contribution in [1.29, 1.82) is 0 Å². The molecule has 1 saturated heterocycles. The van der Waals surface area contributed by atoms with E-state index in [4.69, 9.17) is 43.0 Å². The molecule has 0 spiro atoms. The molecule has 1 aliphatic rings. The first-order valence-electron chi connectivity index (χ1n) is 17.2. The number of rotatable bonds is 27. The van der Waals surface area contributed by atoms with Crippen molar-refractivity contribution in [3.05, 3.63) is 75.6 Å². The fourth-order valence-corrected chi connectivity index (χ4v) is 40.1. The first-order chi connectivity index (χ1) is 22.9. The van der Waals surface area contributed by atoms with Crippen LogP contribution in [0, 0.1) is 0 Å². The third kappa shape index (κ3) is 16.8. The molecule has 5 unspecified atom stereocenters. The minimum absolute atomic E-state index is 0.401. The van der Waals surface area contributed by atoms with E-state index < -0.39 is 59.9 Å². The van der Waals surface area contributed by atoms with Crippen LogP contribution in [0.3, 0.4) is 0 Å². The Morgan fingerprint density at radius 1 is 0.469 bits per heavy atom. The quantitative estimate of drug-likeness (QED) is 0.0596. The molecule has 5 atom stereocenters. The molecule has 1 fully saturated rings. The van der Waals surface area contributed by atoms with Gasteiger partial charge in [-0.1, -0.05) is 36.1 Å². The van der Waals surface area contributed by atoms with E-state index in [1.54, 1.807) is 30.4 Å². The molecule has 10 nitrogen and oxygen atoms in total. The van der Waals surface area contributed by atoms with Gasteiger partial charge in [0.15, 0.2) is 0 Å². The first kappa shape index (κ1) is 46.6. The van der Waals surface area contributed by atoms with Crippen molar-refractivity contribution in [2.75, 3.05) is 39.6 Å². The lowest BCUT2D eigenvalue weighted by Gasteiger charge is -2.50. The van der Waals surface area contributed by atoms with E-state index in [1.165, 1.54) is 0 Å². The summed E-state index contributed by atoms with van der Waals surface area (Å²) in [6.45, 7) is 42.6. The second-order valence-corrected chi connectivity index (χ2v) is 37.4. The van der Waals surface area contributed by atoms with E-state index in [1.807, 2.05) is 19.2 Å². The molecule has 0 aromatic carbocycles. The molecule has 49 heavy (non-hydrogen) atoms. The van der Waals surface area contributed by atoms with Crippen LogP contribution in [0.2, 0.25) is 82.1 Å². The molecule has 0 bridgehead atoms. The van der Waals surface area contributed by atoms with Gasteiger partial charge in [-0.05, 0) is 89.0 Å². The minimum atomic E-state index is -3.04. The smallest absolute Gasteiger partial charge is 0.343 e. The lowest BCUT2D eigenvalue weighted by molar-refractivity contribution is 0.194. The van der Waals surface area contributed by atoms with E-state index in [-0.39, 0.29) is 0 Å². The Kier molecular flexibility index (Phi) is 20.3. The van der Waals surface area contributed by atoms with Crippen molar-refractivity contribution in [3.63, 3.8) is 0 Å². The molecule has 1 rings (SSSR count). The molecule has 1 aliphatic heterocycles. The summed E-state index contributed by atoms with van der Waals surface area (Å²) in [7, 11) is -19.8. The SMILES string of the molecule is C=CCO[Si](C)(CC[Si]1(C)O[Si](C)(C=C)O[Si](C)(CC[Si](C)(OCC=C)OCC=C)O[Si](C)(CC[Si](C)(OCC=C)OCC=C)O1)OCC. The monoisotopic (exact) mass is 806 g/mol. The molecule has 17 heteroatoms. The topological polar surface area (TPSA) is 92.3 Å². The van der Waals surface area contributed by atoms with Crippen LogP contribution in [0.1, 0.15) is 6.92 Å². The molecule has 282 valence electrons. The summed E-state index contributed by atoms with van der Waals surface area (Å²) in [5, 5.41) is 0. The highest BCUT2D eigenvalue weighted by molar-refractivity contribution is 6.96. The van der Waals surface area contributed by atoms with Gasteiger partial charge in [0, 0.05) is 6.61 Å². The van der Waals surface area contributed by atoms with E-state index in [9.17, 15) is 0 Å². The van der Waals surface area contributed by atoms with Crippen LogP contribution in [0.5, 0.6) is 0 Å². The van der Waals surface area contributed by atoms with Gasteiger partial charge in [-0.15, -0.1) is 39.5 Å². The molecular formula is C32H66O10Si7. The highest BCUT2D eigenvalue weighted by atomic mass is 28.5. The van der Waals surface area contributed by atoms with Crippen LogP contribution in [0.15, 0.2) is 75.6 Å². The summed E-state index contributed by atoms with van der Waals surface area (Å²) < 4.78 is 66.6. The normalized spacial score (nSPS) is 27.7. The standard InChI is InChI=1S/C32H66O10Si7/c1-15-22-34-44(9,33-20-6)27-30-47(12)39-43(8,21-7)40-48(13,31-28-45(10,35-23-16-2)36-24-17-3)42-49(14,41-47)32-29-46(11,37-25-18-4)38-26-19-5/h15-19,21H,1-5,7,20,22-32H2,6,8-14H3. The zero-order valence-corrected chi connectivity index (χ0v) is 38.8. The highest BCUT2D eigenvalue weighted by Gasteiger charge is 2.57. The molecule has 0 N–H and O–H groups in total. The van der Waals surface area contributed by atoms with Crippen LogP contribution in [-0.2, 0) is 43.0 Å². The summed E-state index contributed by atoms with van der Waals surface area (Å²) in [4.78, 5) is 0. The average Bonchev–Trinajstić information content (AvgIpc) is 3.04. The van der Waals surface area contributed by atoms with Gasteiger partial charge < -0.3 is 43.0 Å². The van der Waals surface area contributed by atoms with Gasteiger partial charge in [0.25, 0.3) is 0 Å².